The topological polar surface area (TPSA) is 261 Å². The van der Waals surface area contributed by atoms with Gasteiger partial charge in [-0.3, -0.25) is 14.6 Å². The summed E-state index contributed by atoms with van der Waals surface area (Å²) in [6.07, 6.45) is -0.0917. The number of quaternary nitrogens is 2. The van der Waals surface area contributed by atoms with Crippen molar-refractivity contribution in [2.75, 3.05) is 6.54 Å². The van der Waals surface area contributed by atoms with E-state index in [4.69, 9.17) is 26.8 Å². The van der Waals surface area contributed by atoms with Gasteiger partial charge in [0.15, 0.2) is 5.96 Å². The summed E-state index contributed by atoms with van der Waals surface area (Å²) in [4.78, 5) is 35.4. The van der Waals surface area contributed by atoms with E-state index in [1.165, 1.54) is 0 Å². The maximum absolute atomic E-state index is 10.7. The number of carbonyl (C=O) groups is 3. The average molecular weight is 326 g/mol. The van der Waals surface area contributed by atoms with Crippen LogP contribution < -0.4 is 29.1 Å². The molecule has 0 rings (SSSR count). The van der Waals surface area contributed by atoms with Crippen LogP contribution in [0.15, 0.2) is 4.99 Å². The average Bonchev–Trinajstić information content (AvgIpc) is 2.32. The predicted molar refractivity (Wildman–Crippen MR) is 80.1 cm³/mol. The van der Waals surface area contributed by atoms with Gasteiger partial charge in [-0.25, -0.2) is 4.79 Å². The van der Waals surface area contributed by atoms with Crippen LogP contribution in [0.4, 0.5) is 0 Å². The van der Waals surface area contributed by atoms with Crippen molar-refractivity contribution in [3.8, 4) is 0 Å². The van der Waals surface area contributed by atoms with Crippen LogP contribution in [0.1, 0.15) is 19.3 Å². The molecule has 0 saturated carbocycles. The summed E-state index contributed by atoms with van der Waals surface area (Å²) in [6.45, 7) is 0.152. The molecule has 2 atom stereocenters. The van der Waals surface area contributed by atoms with Crippen molar-refractivity contribution in [1.82, 2.24) is 17.6 Å². The number of rotatable bonds is 9. The summed E-state index contributed by atoms with van der Waals surface area (Å²) in [5, 5.41) is 28.1. The lowest BCUT2D eigenvalue weighted by atomic mass is 10.2. The minimum Gasteiger partial charge on any atom is -0.481 e. The van der Waals surface area contributed by atoms with Crippen molar-refractivity contribution < 1.29 is 29.7 Å². The minimum atomic E-state index is -1.38. The zero-order chi connectivity index (χ0) is 15.7. The summed E-state index contributed by atoms with van der Waals surface area (Å²) in [5.74, 6) is -3.99. The van der Waals surface area contributed by atoms with Crippen LogP contribution in [-0.4, -0.2) is 57.8 Å². The zero-order valence-corrected chi connectivity index (χ0v) is 12.7. The summed E-state index contributed by atoms with van der Waals surface area (Å²) < 4.78 is 0. The molecule has 0 radical (unpaired) electrons. The Labute approximate surface area is 126 Å². The number of aliphatic imine (C=N–C) groups is 1. The van der Waals surface area contributed by atoms with Crippen molar-refractivity contribution in [3.63, 3.8) is 0 Å². The third-order valence-corrected chi connectivity index (χ3v) is 2.27. The van der Waals surface area contributed by atoms with Gasteiger partial charge in [-0.2, -0.15) is 0 Å². The number of aliphatic carboxylic acids is 3. The number of hydrogen-bond donors (Lipinski definition) is 8. The first-order chi connectivity index (χ1) is 9.23. The second kappa shape index (κ2) is 12.3. The molecule has 0 bridgehead atoms. The molecule has 0 spiro atoms. The third kappa shape index (κ3) is 11.4. The first kappa shape index (κ1) is 24.6. The molecule has 0 aliphatic heterocycles. The highest BCUT2D eigenvalue weighted by molar-refractivity contribution is 5.87. The van der Waals surface area contributed by atoms with E-state index in [0.29, 0.717) is 6.42 Å². The van der Waals surface area contributed by atoms with Crippen LogP contribution in [0.25, 0.3) is 0 Å². The second-order valence-electron chi connectivity index (χ2n) is 3.99. The van der Waals surface area contributed by atoms with Gasteiger partial charge in [0.2, 0.25) is 0 Å². The smallest absolute Gasteiger partial charge is 0.326 e. The lowest BCUT2D eigenvalue weighted by molar-refractivity contribution is -0.145. The largest absolute Gasteiger partial charge is 0.481 e. The van der Waals surface area contributed by atoms with Crippen LogP contribution in [0.3, 0.4) is 0 Å². The van der Waals surface area contributed by atoms with Crippen LogP contribution in [0.2, 0.25) is 0 Å². The number of nitrogens with two attached hydrogens (primary N) is 2. The Morgan fingerprint density at radius 3 is 2.05 bits per heavy atom. The molecule has 0 aliphatic carbocycles. The molecule has 12 heteroatoms. The lowest BCUT2D eigenvalue weighted by Gasteiger charge is -2.12. The van der Waals surface area contributed by atoms with Gasteiger partial charge in [0.25, 0.3) is 0 Å². The standard InChI is InChI=1S/C10H18N4O6.2H3N/c11-5(8(17)18)2-1-3-13-10(12)14-6(9(19)20)4-7(15)16;;/h5-6H,1-4,11H2,(H,15,16)(H,17,18)(H,19,20)(H3,12,13,14);2*1H3/p+2. The van der Waals surface area contributed by atoms with Gasteiger partial charge < -0.3 is 44.4 Å². The molecule has 0 aromatic rings. The molecular formula is C10H26N6O6+2. The minimum absolute atomic E-state index is 0. The Morgan fingerprint density at radius 2 is 1.64 bits per heavy atom. The Balaban J connectivity index is -0.00000180. The number of guanidine groups is 1. The van der Waals surface area contributed by atoms with E-state index >= 15 is 0 Å². The molecule has 16 N–H and O–H groups in total. The SMILES string of the molecule is NC(=NCCCC(N)C(=O)O)NC(CC(=O)O)C(=O)O.[NH4+].[NH4+]. The van der Waals surface area contributed by atoms with Crippen molar-refractivity contribution in [2.24, 2.45) is 16.5 Å². The summed E-state index contributed by atoms with van der Waals surface area (Å²) in [5.41, 5.74) is 10.7. The Morgan fingerprint density at radius 1 is 1.09 bits per heavy atom. The van der Waals surface area contributed by atoms with Crippen LogP contribution >= 0.6 is 0 Å². The fourth-order valence-corrected chi connectivity index (χ4v) is 1.23. The predicted octanol–water partition coefficient (Wildman–Crippen LogP) is -1.24. The fourth-order valence-electron chi connectivity index (χ4n) is 1.23. The summed E-state index contributed by atoms with van der Waals surface area (Å²) in [6, 6.07) is -2.37. The van der Waals surface area contributed by atoms with E-state index in [1.807, 2.05) is 0 Å². The van der Waals surface area contributed by atoms with Crippen LogP contribution in [-0.2, 0) is 14.4 Å². The molecule has 130 valence electrons. The highest BCUT2D eigenvalue weighted by Crippen LogP contribution is 1.96. The van der Waals surface area contributed by atoms with Crippen molar-refractivity contribution in [1.29, 1.82) is 0 Å². The second-order valence-corrected chi connectivity index (χ2v) is 3.99. The van der Waals surface area contributed by atoms with E-state index in [9.17, 15) is 14.4 Å². The lowest BCUT2D eigenvalue weighted by Crippen LogP contribution is -2.45. The van der Waals surface area contributed by atoms with E-state index in [2.05, 4.69) is 10.3 Å². The number of nitrogens with one attached hydrogen (secondary N) is 1. The van der Waals surface area contributed by atoms with Crippen molar-refractivity contribution in [3.05, 3.63) is 0 Å². The van der Waals surface area contributed by atoms with E-state index in [0.717, 1.165) is 0 Å². The number of carboxylic acid groups (broad SMARTS) is 3. The van der Waals surface area contributed by atoms with Crippen molar-refractivity contribution in [2.45, 2.75) is 31.3 Å². The van der Waals surface area contributed by atoms with Gasteiger partial charge >= 0.3 is 17.9 Å². The van der Waals surface area contributed by atoms with Gasteiger partial charge in [-0.05, 0) is 12.8 Å². The first-order valence-corrected chi connectivity index (χ1v) is 5.73. The molecule has 0 amide bonds. The first-order valence-electron chi connectivity index (χ1n) is 5.73. The Bertz CT molecular complexity index is 401. The van der Waals surface area contributed by atoms with E-state index in [1.54, 1.807) is 0 Å². The Kier molecular flexibility index (Phi) is 13.8. The third-order valence-electron chi connectivity index (χ3n) is 2.27. The fraction of sp³-hybridized carbons (Fsp3) is 0.600. The molecule has 0 heterocycles. The molecule has 0 aromatic heterocycles. The highest BCUT2D eigenvalue weighted by atomic mass is 16.4. The quantitative estimate of drug-likeness (QED) is 0.143. The molecule has 0 aromatic carbocycles. The molecule has 12 nitrogen and oxygen atoms in total. The molecule has 22 heavy (non-hydrogen) atoms. The number of hydrogen-bond acceptors (Lipinski definition) is 5. The van der Waals surface area contributed by atoms with Gasteiger partial charge in [-0.15, -0.1) is 0 Å². The molecule has 2 unspecified atom stereocenters. The van der Waals surface area contributed by atoms with E-state index < -0.39 is 36.4 Å². The van der Waals surface area contributed by atoms with E-state index in [-0.39, 0.29) is 31.2 Å². The zero-order valence-electron chi connectivity index (χ0n) is 12.7. The summed E-state index contributed by atoms with van der Waals surface area (Å²) in [7, 11) is 0. The van der Waals surface area contributed by atoms with Gasteiger partial charge in [-0.1, -0.05) is 0 Å². The summed E-state index contributed by atoms with van der Waals surface area (Å²) >= 11 is 0. The van der Waals surface area contributed by atoms with Gasteiger partial charge in [0.05, 0.1) is 6.42 Å². The Hall–Kier alpha value is -2.44. The molecule has 0 fully saturated rings. The van der Waals surface area contributed by atoms with Crippen LogP contribution in [0.5, 0.6) is 0 Å². The van der Waals surface area contributed by atoms with Gasteiger partial charge in [0, 0.05) is 6.54 Å². The number of nitrogens with zero attached hydrogens (tertiary/aromatic N) is 1. The molecular weight excluding hydrogens is 300 g/mol. The van der Waals surface area contributed by atoms with Gasteiger partial charge in [0.1, 0.15) is 12.1 Å². The molecule has 0 aliphatic rings. The van der Waals surface area contributed by atoms with Crippen molar-refractivity contribution >= 4 is 23.9 Å². The maximum atomic E-state index is 10.7. The normalized spacial score (nSPS) is 13.0. The number of carboxylic acids is 3. The highest BCUT2D eigenvalue weighted by Gasteiger charge is 2.21. The maximum Gasteiger partial charge on any atom is 0.326 e. The monoisotopic (exact) mass is 326 g/mol. The van der Waals surface area contributed by atoms with Crippen LogP contribution in [0, 0.1) is 0 Å². The molecule has 0 saturated heterocycles.